The molecular weight excluding hydrogens is 276 g/mol. The molecule has 118 valence electrons. The Morgan fingerprint density at radius 2 is 1.82 bits per heavy atom. The zero-order chi connectivity index (χ0) is 15.5. The molecule has 1 fully saturated rings. The summed E-state index contributed by atoms with van der Waals surface area (Å²) in [5, 5.41) is 0. The van der Waals surface area contributed by atoms with Crippen molar-refractivity contribution < 1.29 is 9.59 Å². The molecule has 0 radical (unpaired) electrons. The van der Waals surface area contributed by atoms with Crippen molar-refractivity contribution in [2.24, 2.45) is 0 Å². The molecule has 22 heavy (non-hydrogen) atoms. The number of carbonyl (C=O) groups excluding carboxylic acids is 2. The molecule has 2 amide bonds. The first kappa shape index (κ1) is 15.1. The first-order chi connectivity index (χ1) is 10.6. The average molecular weight is 300 g/mol. The lowest BCUT2D eigenvalue weighted by atomic mass is 9.97. The van der Waals surface area contributed by atoms with Gasteiger partial charge in [-0.1, -0.05) is 24.3 Å². The highest BCUT2D eigenvalue weighted by Crippen LogP contribution is 2.35. The second kappa shape index (κ2) is 6.51. The molecule has 3 rings (SSSR count). The summed E-state index contributed by atoms with van der Waals surface area (Å²) in [5.74, 6) is 0.724. The van der Waals surface area contributed by atoms with Crippen molar-refractivity contribution in [1.82, 2.24) is 9.80 Å². The van der Waals surface area contributed by atoms with Crippen molar-refractivity contribution in [2.45, 2.75) is 38.5 Å². The molecule has 0 N–H and O–H groups in total. The molecule has 0 saturated carbocycles. The molecule has 1 aliphatic carbocycles. The lowest BCUT2D eigenvalue weighted by molar-refractivity contribution is -0.132. The molecule has 0 spiro atoms. The standard InChI is InChI=1S/C18H24N2O2/c1-14(21)19-9-4-10-20(12-11-19)18(22)13-16-8-7-15-5-2-3-6-17(15)16/h2-3,5-6,16H,4,7-13H2,1H3/t16-/m0/s1. The maximum atomic E-state index is 12.6. The molecule has 0 unspecified atom stereocenters. The second-order valence-corrected chi connectivity index (χ2v) is 6.38. The summed E-state index contributed by atoms with van der Waals surface area (Å²) in [4.78, 5) is 27.9. The van der Waals surface area contributed by atoms with Crippen LogP contribution in [0.3, 0.4) is 0 Å². The quantitative estimate of drug-likeness (QED) is 0.840. The normalized spacial score (nSPS) is 21.4. The van der Waals surface area contributed by atoms with Gasteiger partial charge in [0.25, 0.3) is 0 Å². The fourth-order valence-electron chi connectivity index (χ4n) is 3.68. The van der Waals surface area contributed by atoms with Crippen LogP contribution >= 0.6 is 0 Å². The summed E-state index contributed by atoms with van der Waals surface area (Å²) in [5.41, 5.74) is 2.76. The molecular formula is C18H24N2O2. The van der Waals surface area contributed by atoms with Crippen LogP contribution in [0, 0.1) is 0 Å². The van der Waals surface area contributed by atoms with Crippen LogP contribution in [0.15, 0.2) is 24.3 Å². The molecule has 2 aliphatic rings. The number of nitrogens with zero attached hydrogens (tertiary/aromatic N) is 2. The minimum atomic E-state index is 0.110. The first-order valence-corrected chi connectivity index (χ1v) is 8.26. The number of fused-ring (bicyclic) bond motifs is 1. The number of rotatable bonds is 2. The number of hydrogen-bond donors (Lipinski definition) is 0. The monoisotopic (exact) mass is 300 g/mol. The van der Waals surface area contributed by atoms with E-state index >= 15 is 0 Å². The van der Waals surface area contributed by atoms with E-state index in [-0.39, 0.29) is 11.8 Å². The minimum Gasteiger partial charge on any atom is -0.341 e. The zero-order valence-corrected chi connectivity index (χ0v) is 13.3. The summed E-state index contributed by atoms with van der Waals surface area (Å²) < 4.78 is 0. The summed E-state index contributed by atoms with van der Waals surface area (Å²) in [6, 6.07) is 8.49. The van der Waals surface area contributed by atoms with Crippen molar-refractivity contribution in [3.63, 3.8) is 0 Å². The van der Waals surface area contributed by atoms with Crippen LogP contribution in [0.4, 0.5) is 0 Å². The molecule has 1 aliphatic heterocycles. The van der Waals surface area contributed by atoms with Gasteiger partial charge in [0.05, 0.1) is 0 Å². The molecule has 1 saturated heterocycles. The number of carbonyl (C=O) groups is 2. The Labute approximate surface area is 132 Å². The van der Waals surface area contributed by atoms with Gasteiger partial charge in [-0.3, -0.25) is 9.59 Å². The maximum absolute atomic E-state index is 12.6. The van der Waals surface area contributed by atoms with E-state index in [1.54, 1.807) is 6.92 Å². The summed E-state index contributed by atoms with van der Waals surface area (Å²) in [7, 11) is 0. The Morgan fingerprint density at radius 3 is 2.64 bits per heavy atom. The van der Waals surface area contributed by atoms with E-state index in [1.807, 2.05) is 9.80 Å². The van der Waals surface area contributed by atoms with Crippen LogP contribution in [0.2, 0.25) is 0 Å². The predicted octanol–water partition coefficient (Wildman–Crippen LogP) is 2.19. The van der Waals surface area contributed by atoms with E-state index in [9.17, 15) is 9.59 Å². The highest BCUT2D eigenvalue weighted by molar-refractivity contribution is 5.78. The van der Waals surface area contributed by atoms with Crippen molar-refractivity contribution in [3.8, 4) is 0 Å². The highest BCUT2D eigenvalue weighted by Gasteiger charge is 2.27. The van der Waals surface area contributed by atoms with Crippen LogP contribution in [-0.2, 0) is 16.0 Å². The van der Waals surface area contributed by atoms with Crippen LogP contribution < -0.4 is 0 Å². The van der Waals surface area contributed by atoms with Gasteiger partial charge in [-0.15, -0.1) is 0 Å². The Kier molecular flexibility index (Phi) is 4.46. The number of benzene rings is 1. The molecule has 1 aromatic carbocycles. The van der Waals surface area contributed by atoms with E-state index in [4.69, 9.17) is 0 Å². The van der Waals surface area contributed by atoms with Crippen LogP contribution in [0.5, 0.6) is 0 Å². The lowest BCUT2D eigenvalue weighted by Crippen LogP contribution is -2.36. The van der Waals surface area contributed by atoms with E-state index in [0.29, 0.717) is 25.4 Å². The average Bonchev–Trinajstić information content (AvgIpc) is 2.75. The molecule has 1 aromatic rings. The summed E-state index contributed by atoms with van der Waals surface area (Å²) in [6.45, 7) is 4.49. The summed E-state index contributed by atoms with van der Waals surface area (Å²) in [6.07, 6.45) is 3.66. The van der Waals surface area contributed by atoms with Crippen LogP contribution in [-0.4, -0.2) is 47.8 Å². The Balaban J connectivity index is 1.60. The van der Waals surface area contributed by atoms with Gasteiger partial charge < -0.3 is 9.80 Å². The molecule has 4 nitrogen and oxygen atoms in total. The Bertz CT molecular complexity index is 570. The van der Waals surface area contributed by atoms with Crippen molar-refractivity contribution in [2.75, 3.05) is 26.2 Å². The third-order valence-electron chi connectivity index (χ3n) is 4.97. The van der Waals surface area contributed by atoms with E-state index in [0.717, 1.165) is 32.4 Å². The molecule has 0 bridgehead atoms. The molecule has 1 heterocycles. The fraction of sp³-hybridized carbons (Fsp3) is 0.556. The molecule has 4 heteroatoms. The Hall–Kier alpha value is -1.84. The van der Waals surface area contributed by atoms with Crippen LogP contribution in [0.1, 0.15) is 43.2 Å². The predicted molar refractivity (Wildman–Crippen MR) is 85.6 cm³/mol. The van der Waals surface area contributed by atoms with Crippen LogP contribution in [0.25, 0.3) is 0 Å². The number of amides is 2. The third kappa shape index (κ3) is 3.16. The first-order valence-electron chi connectivity index (χ1n) is 8.26. The van der Waals surface area contributed by atoms with Gasteiger partial charge in [-0.2, -0.15) is 0 Å². The van der Waals surface area contributed by atoms with Crippen molar-refractivity contribution in [1.29, 1.82) is 0 Å². The highest BCUT2D eigenvalue weighted by atomic mass is 16.2. The topological polar surface area (TPSA) is 40.6 Å². The Morgan fingerprint density at radius 1 is 1.09 bits per heavy atom. The SMILES string of the molecule is CC(=O)N1CCCN(C(=O)C[C@@H]2CCc3ccccc32)CC1. The lowest BCUT2D eigenvalue weighted by Gasteiger charge is -2.23. The smallest absolute Gasteiger partial charge is 0.223 e. The van der Waals surface area contributed by atoms with Gasteiger partial charge in [-0.25, -0.2) is 0 Å². The summed E-state index contributed by atoms with van der Waals surface area (Å²) >= 11 is 0. The largest absolute Gasteiger partial charge is 0.341 e. The van der Waals surface area contributed by atoms with Crippen molar-refractivity contribution >= 4 is 11.8 Å². The zero-order valence-electron chi connectivity index (χ0n) is 13.3. The van der Waals surface area contributed by atoms with Crippen molar-refractivity contribution in [3.05, 3.63) is 35.4 Å². The van der Waals surface area contributed by atoms with Gasteiger partial charge >= 0.3 is 0 Å². The second-order valence-electron chi connectivity index (χ2n) is 6.38. The van der Waals surface area contributed by atoms with Gasteiger partial charge in [0, 0.05) is 39.5 Å². The maximum Gasteiger partial charge on any atom is 0.223 e. The minimum absolute atomic E-state index is 0.110. The van der Waals surface area contributed by atoms with Gasteiger partial charge in [-0.05, 0) is 36.3 Å². The number of hydrogen-bond acceptors (Lipinski definition) is 2. The van der Waals surface area contributed by atoms with E-state index < -0.39 is 0 Å². The van der Waals surface area contributed by atoms with E-state index in [1.165, 1.54) is 11.1 Å². The van der Waals surface area contributed by atoms with E-state index in [2.05, 4.69) is 24.3 Å². The van der Waals surface area contributed by atoms with Gasteiger partial charge in [0.2, 0.25) is 11.8 Å². The van der Waals surface area contributed by atoms with Gasteiger partial charge in [0.1, 0.15) is 0 Å². The number of aryl methyl sites for hydroxylation is 1. The fourth-order valence-corrected chi connectivity index (χ4v) is 3.68. The van der Waals surface area contributed by atoms with Gasteiger partial charge in [0.15, 0.2) is 0 Å². The molecule has 0 aromatic heterocycles. The third-order valence-corrected chi connectivity index (χ3v) is 4.97. The molecule has 1 atom stereocenters.